The van der Waals surface area contributed by atoms with E-state index in [1.54, 1.807) is 12.1 Å². The van der Waals surface area contributed by atoms with Crippen LogP contribution in [0.4, 0.5) is 0 Å². The molecule has 1 fully saturated rings. The van der Waals surface area contributed by atoms with E-state index in [-0.39, 0.29) is 51.0 Å². The summed E-state index contributed by atoms with van der Waals surface area (Å²) >= 11 is 0. The van der Waals surface area contributed by atoms with Crippen LogP contribution in [0.5, 0.6) is 0 Å². The van der Waals surface area contributed by atoms with E-state index in [2.05, 4.69) is 0 Å². The van der Waals surface area contributed by atoms with Gasteiger partial charge in [0.05, 0.1) is 0 Å². The van der Waals surface area contributed by atoms with Crippen LogP contribution >= 0.6 is 7.60 Å². The van der Waals surface area contributed by atoms with E-state index < -0.39 is 13.2 Å². The van der Waals surface area contributed by atoms with Gasteiger partial charge in [-0.1, -0.05) is 18.2 Å². The summed E-state index contributed by atoms with van der Waals surface area (Å²) in [5.41, 5.74) is 0.469. The summed E-state index contributed by atoms with van der Waals surface area (Å²) in [7, 11) is -3.81. The number of halogens is 2. The first kappa shape index (κ1) is 21.0. The van der Waals surface area contributed by atoms with Crippen molar-refractivity contribution in [3.05, 3.63) is 60.2 Å². The van der Waals surface area contributed by atoms with E-state index in [1.165, 1.54) is 0 Å². The van der Waals surface area contributed by atoms with Gasteiger partial charge in [-0.3, -0.25) is 9.09 Å². The van der Waals surface area contributed by atoms with Crippen LogP contribution in [0.15, 0.2) is 60.2 Å². The zero-order valence-electron chi connectivity index (χ0n) is 12.1. The molecule has 2 aliphatic carbocycles. The maximum Gasteiger partial charge on any atom is 3.00 e. The van der Waals surface area contributed by atoms with E-state index in [1.807, 2.05) is 42.5 Å². The molecule has 0 heterocycles. The maximum atomic E-state index is 12.6. The molecule has 2 aromatic rings. The second-order valence-corrected chi connectivity index (χ2v) is 7.13. The fourth-order valence-corrected chi connectivity index (χ4v) is 4.38. The molecule has 1 radical (unpaired) electrons. The predicted octanol–water partition coefficient (Wildman–Crippen LogP) is -2.58. The predicted molar refractivity (Wildman–Crippen MR) is 79.3 cm³/mol. The monoisotopic (exact) mass is 445 g/mol. The largest absolute Gasteiger partial charge is 3.00 e. The van der Waals surface area contributed by atoms with Crippen LogP contribution < -0.4 is 30.1 Å². The van der Waals surface area contributed by atoms with Crippen molar-refractivity contribution in [3.8, 4) is 0 Å². The summed E-state index contributed by atoms with van der Waals surface area (Å²) in [5, 5.41) is 2.30. The SMILES string of the molecule is O=P(O)(OC12C=CC=C1CC2)c1cc2ccccc2[cH-]1.[Cl-].[Cl-].[Zr+3]. The molecule has 3 nitrogen and oxygen atoms in total. The minimum absolute atomic E-state index is 0. The third-order valence-electron chi connectivity index (χ3n) is 4.19. The second kappa shape index (κ2) is 7.44. The van der Waals surface area contributed by atoms with Crippen LogP contribution in [-0.4, -0.2) is 10.5 Å². The molecule has 23 heavy (non-hydrogen) atoms. The third-order valence-corrected chi connectivity index (χ3v) is 5.67. The average Bonchev–Trinajstić information content (AvgIpc) is 2.95. The molecule has 1 N–H and O–H groups in total. The third kappa shape index (κ3) is 3.49. The number of benzene rings is 1. The topological polar surface area (TPSA) is 46.5 Å². The standard InChI is InChI=1S/C16H14O3P.2ClH.Zr/c17-20(18,19-16-8-3-6-14(16)7-9-16)15-10-12-4-1-2-5-13(12)11-15;;;/h1-6,8,10-11H,7,9H2,(H,17,18);2*1H;/q-1;;;+3/p-2. The fourth-order valence-electron chi connectivity index (χ4n) is 2.96. The zero-order chi connectivity index (χ0) is 13.8. The first-order valence-corrected chi connectivity index (χ1v) is 8.25. The number of hydrogen-bond donors (Lipinski definition) is 1. The normalized spacial score (nSPS) is 23.4. The van der Waals surface area contributed by atoms with Crippen molar-refractivity contribution in [1.29, 1.82) is 0 Å². The quantitative estimate of drug-likeness (QED) is 0.416. The van der Waals surface area contributed by atoms with Gasteiger partial charge in [0.2, 0.25) is 0 Å². The van der Waals surface area contributed by atoms with Crippen LogP contribution in [0.25, 0.3) is 10.8 Å². The van der Waals surface area contributed by atoms with Crippen molar-refractivity contribution >= 4 is 23.7 Å². The van der Waals surface area contributed by atoms with E-state index in [4.69, 9.17) is 4.52 Å². The van der Waals surface area contributed by atoms with Gasteiger partial charge in [0, 0.05) is 0 Å². The Morgan fingerprint density at radius 2 is 2.00 bits per heavy atom. The van der Waals surface area contributed by atoms with Crippen molar-refractivity contribution in [2.75, 3.05) is 0 Å². The Morgan fingerprint density at radius 3 is 2.61 bits per heavy atom. The van der Waals surface area contributed by atoms with Crippen LogP contribution in [0.3, 0.4) is 0 Å². The van der Waals surface area contributed by atoms with Gasteiger partial charge in [0.25, 0.3) is 0 Å². The van der Waals surface area contributed by atoms with Crippen LogP contribution in [0, 0.1) is 0 Å². The van der Waals surface area contributed by atoms with E-state index >= 15 is 0 Å². The molecule has 0 saturated heterocycles. The van der Waals surface area contributed by atoms with Gasteiger partial charge in [-0.05, 0) is 29.8 Å². The van der Waals surface area contributed by atoms with Gasteiger partial charge in [-0.2, -0.15) is 6.07 Å². The molecule has 7 heteroatoms. The van der Waals surface area contributed by atoms with E-state index in [0.717, 1.165) is 29.2 Å². The Bertz CT molecular complexity index is 782. The molecule has 0 aliphatic heterocycles. The molecular formula is C16H14Cl2O3PZr. The molecule has 4 rings (SSSR count). The molecule has 119 valence electrons. The fraction of sp³-hybridized carbons (Fsp3) is 0.188. The minimum atomic E-state index is -3.81. The van der Waals surface area contributed by atoms with Gasteiger partial charge in [-0.25, -0.2) is 0 Å². The van der Waals surface area contributed by atoms with E-state index in [9.17, 15) is 9.46 Å². The van der Waals surface area contributed by atoms with Crippen molar-refractivity contribution < 1.29 is 65.0 Å². The van der Waals surface area contributed by atoms with Crippen molar-refractivity contribution in [1.82, 2.24) is 0 Å². The Hall–Kier alpha value is -0.0769. The zero-order valence-corrected chi connectivity index (χ0v) is 16.9. The summed E-state index contributed by atoms with van der Waals surface area (Å²) < 4.78 is 18.3. The Balaban J connectivity index is 0.000000882. The number of hydrogen-bond acceptors (Lipinski definition) is 2. The Labute approximate surface area is 166 Å². The molecule has 2 aliphatic rings. The van der Waals surface area contributed by atoms with Gasteiger partial charge in [0.1, 0.15) is 5.60 Å². The number of rotatable bonds is 3. The maximum absolute atomic E-state index is 12.6. The summed E-state index contributed by atoms with van der Waals surface area (Å²) in [6.07, 6.45) is 7.49. The van der Waals surface area contributed by atoms with Crippen LogP contribution in [0.2, 0.25) is 0 Å². The number of allylic oxidation sites excluding steroid dienone is 2. The van der Waals surface area contributed by atoms with Crippen molar-refractivity contribution in [2.45, 2.75) is 18.4 Å². The molecule has 0 bridgehead atoms. The van der Waals surface area contributed by atoms with Crippen LogP contribution in [-0.2, 0) is 35.3 Å². The summed E-state index contributed by atoms with van der Waals surface area (Å²) in [6.45, 7) is 0. The molecular weight excluding hydrogens is 433 g/mol. The van der Waals surface area contributed by atoms with Crippen molar-refractivity contribution in [3.63, 3.8) is 0 Å². The molecule has 0 amide bonds. The smallest absolute Gasteiger partial charge is 1.00 e. The number of fused-ring (bicyclic) bond motifs is 2. The first-order chi connectivity index (χ1) is 9.59. The minimum Gasteiger partial charge on any atom is -1.00 e. The molecule has 2 aromatic carbocycles. The molecule has 1 saturated carbocycles. The van der Waals surface area contributed by atoms with Gasteiger partial charge < -0.3 is 29.7 Å². The van der Waals surface area contributed by atoms with Crippen LogP contribution in [0.1, 0.15) is 12.8 Å². The Kier molecular flexibility index (Phi) is 6.78. The van der Waals surface area contributed by atoms with Gasteiger partial charge in [0.15, 0.2) is 0 Å². The molecule has 2 atom stereocenters. The first-order valence-electron chi connectivity index (χ1n) is 6.68. The average molecular weight is 447 g/mol. The van der Waals surface area contributed by atoms with E-state index in [0.29, 0.717) is 5.30 Å². The van der Waals surface area contributed by atoms with Gasteiger partial charge in [-0.15, -0.1) is 35.0 Å². The van der Waals surface area contributed by atoms with Gasteiger partial charge >= 0.3 is 33.8 Å². The second-order valence-electron chi connectivity index (χ2n) is 5.39. The summed E-state index contributed by atoms with van der Waals surface area (Å²) in [4.78, 5) is 10.3. The summed E-state index contributed by atoms with van der Waals surface area (Å²) in [6, 6.07) is 11.2. The molecule has 0 aromatic heterocycles. The Morgan fingerprint density at radius 1 is 1.26 bits per heavy atom. The molecule has 0 spiro atoms. The molecule has 2 unspecified atom stereocenters. The summed E-state index contributed by atoms with van der Waals surface area (Å²) in [5.74, 6) is 0. The van der Waals surface area contributed by atoms with Crippen molar-refractivity contribution in [2.24, 2.45) is 0 Å².